The zero-order chi connectivity index (χ0) is 17.2. The van der Waals surface area contributed by atoms with Crippen molar-refractivity contribution in [1.29, 1.82) is 0 Å². The molecule has 0 saturated carbocycles. The van der Waals surface area contributed by atoms with E-state index in [4.69, 9.17) is 0 Å². The Morgan fingerprint density at radius 3 is 2.28 bits per heavy atom. The van der Waals surface area contributed by atoms with Crippen LogP contribution in [0, 0.1) is 0 Å². The Bertz CT molecular complexity index is 894. The minimum Gasteiger partial charge on any atom is -0.465 e. The van der Waals surface area contributed by atoms with Gasteiger partial charge in [0, 0.05) is 30.5 Å². The number of para-hydroxylation sites is 2. The van der Waals surface area contributed by atoms with Crippen molar-refractivity contribution in [3.63, 3.8) is 0 Å². The van der Waals surface area contributed by atoms with Crippen LogP contribution in [0.25, 0.3) is 11.3 Å². The lowest BCUT2D eigenvalue weighted by atomic mass is 10.1. The molecule has 0 aliphatic carbocycles. The Morgan fingerprint density at radius 1 is 0.880 bits per heavy atom. The predicted octanol–water partition coefficient (Wildman–Crippen LogP) is 4.38. The number of carbonyl (C=O) groups is 1. The molecule has 0 saturated heterocycles. The van der Waals surface area contributed by atoms with Crippen LogP contribution in [0.4, 0.5) is 21.9 Å². The molecule has 0 bridgehead atoms. The molecule has 2 heterocycles. The summed E-state index contributed by atoms with van der Waals surface area (Å²) < 4.78 is 0. The summed E-state index contributed by atoms with van der Waals surface area (Å²) in [5.74, 6) is 0. The summed E-state index contributed by atoms with van der Waals surface area (Å²) in [5, 5.41) is 9.40. The predicted molar refractivity (Wildman–Crippen MR) is 98.5 cm³/mol. The highest BCUT2D eigenvalue weighted by molar-refractivity contribution is 5.94. The molecule has 0 radical (unpaired) electrons. The lowest BCUT2D eigenvalue weighted by Crippen LogP contribution is -2.41. The number of anilines is 3. The van der Waals surface area contributed by atoms with E-state index in [0.717, 1.165) is 28.3 Å². The summed E-state index contributed by atoms with van der Waals surface area (Å²) in [5.41, 5.74) is 4.65. The first-order valence-corrected chi connectivity index (χ1v) is 8.12. The third-order valence-electron chi connectivity index (χ3n) is 4.38. The van der Waals surface area contributed by atoms with Crippen molar-refractivity contribution >= 4 is 23.2 Å². The summed E-state index contributed by atoms with van der Waals surface area (Å²) in [7, 11) is 0. The van der Waals surface area contributed by atoms with Crippen molar-refractivity contribution in [2.24, 2.45) is 0 Å². The van der Waals surface area contributed by atoms with Crippen LogP contribution in [0.1, 0.15) is 0 Å². The fraction of sp³-hybridized carbons (Fsp3) is 0.100. The van der Waals surface area contributed by atoms with Crippen LogP contribution in [0.3, 0.4) is 0 Å². The molecule has 1 amide bonds. The average Bonchev–Trinajstić information content (AvgIpc) is 2.68. The standard InChI is InChI=1S/C20H17N3O2/c24-20(25)23-14-13-22(18-6-1-2-7-19(18)23)16-10-8-15(9-11-16)17-5-3-4-12-21-17/h1-12H,13-14H2,(H,24,25). The van der Waals surface area contributed by atoms with Crippen LogP contribution in [0.15, 0.2) is 72.9 Å². The van der Waals surface area contributed by atoms with E-state index in [-0.39, 0.29) is 0 Å². The number of hydrogen-bond acceptors (Lipinski definition) is 3. The summed E-state index contributed by atoms with van der Waals surface area (Å²) in [4.78, 5) is 19.4. The third kappa shape index (κ3) is 2.80. The van der Waals surface area contributed by atoms with E-state index >= 15 is 0 Å². The fourth-order valence-corrected chi connectivity index (χ4v) is 3.17. The molecule has 0 fully saturated rings. The maximum absolute atomic E-state index is 11.5. The van der Waals surface area contributed by atoms with E-state index in [1.54, 1.807) is 6.20 Å². The monoisotopic (exact) mass is 331 g/mol. The number of carboxylic acid groups (broad SMARTS) is 1. The molecule has 1 N–H and O–H groups in total. The average molecular weight is 331 g/mol. The zero-order valence-corrected chi connectivity index (χ0v) is 13.5. The second kappa shape index (κ2) is 6.28. The second-order valence-corrected chi connectivity index (χ2v) is 5.84. The number of fused-ring (bicyclic) bond motifs is 1. The number of benzene rings is 2. The van der Waals surface area contributed by atoms with E-state index in [9.17, 15) is 9.90 Å². The molecule has 5 nitrogen and oxygen atoms in total. The van der Waals surface area contributed by atoms with Crippen molar-refractivity contribution in [2.75, 3.05) is 22.9 Å². The van der Waals surface area contributed by atoms with Crippen molar-refractivity contribution in [3.05, 3.63) is 72.9 Å². The first kappa shape index (κ1) is 15.2. The lowest BCUT2D eigenvalue weighted by Gasteiger charge is -2.36. The Hall–Kier alpha value is -3.34. The van der Waals surface area contributed by atoms with Gasteiger partial charge in [-0.1, -0.05) is 30.3 Å². The minimum absolute atomic E-state index is 0.439. The van der Waals surface area contributed by atoms with Gasteiger partial charge in [0.15, 0.2) is 0 Å². The fourth-order valence-electron chi connectivity index (χ4n) is 3.17. The van der Waals surface area contributed by atoms with Crippen molar-refractivity contribution in [2.45, 2.75) is 0 Å². The number of nitrogens with zero attached hydrogens (tertiary/aromatic N) is 3. The highest BCUT2D eigenvalue weighted by Crippen LogP contribution is 2.37. The highest BCUT2D eigenvalue weighted by Gasteiger charge is 2.26. The van der Waals surface area contributed by atoms with Gasteiger partial charge in [0.25, 0.3) is 0 Å². The minimum atomic E-state index is -0.919. The number of rotatable bonds is 2. The highest BCUT2D eigenvalue weighted by atomic mass is 16.4. The quantitative estimate of drug-likeness (QED) is 0.757. The van der Waals surface area contributed by atoms with Gasteiger partial charge in [0.2, 0.25) is 0 Å². The SMILES string of the molecule is O=C(O)N1CCN(c2ccc(-c3ccccn3)cc2)c2ccccc21. The van der Waals surface area contributed by atoms with Crippen LogP contribution in [-0.2, 0) is 0 Å². The number of pyridine rings is 1. The van der Waals surface area contributed by atoms with Gasteiger partial charge in [-0.2, -0.15) is 0 Å². The number of amides is 1. The Balaban J connectivity index is 1.68. The molecule has 0 spiro atoms. The first-order chi connectivity index (χ1) is 12.2. The van der Waals surface area contributed by atoms with Gasteiger partial charge in [-0.05, 0) is 36.4 Å². The van der Waals surface area contributed by atoms with E-state index in [2.05, 4.69) is 22.0 Å². The van der Waals surface area contributed by atoms with Crippen LogP contribution in [0.2, 0.25) is 0 Å². The summed E-state index contributed by atoms with van der Waals surface area (Å²) >= 11 is 0. The summed E-state index contributed by atoms with van der Waals surface area (Å²) in [6, 6.07) is 21.6. The van der Waals surface area contributed by atoms with Gasteiger partial charge < -0.3 is 10.0 Å². The molecular weight excluding hydrogens is 314 g/mol. The third-order valence-corrected chi connectivity index (χ3v) is 4.38. The van der Waals surface area contributed by atoms with Gasteiger partial charge in [-0.3, -0.25) is 9.88 Å². The topological polar surface area (TPSA) is 56.7 Å². The molecule has 5 heteroatoms. The van der Waals surface area contributed by atoms with E-state index in [1.807, 2.05) is 54.6 Å². The van der Waals surface area contributed by atoms with Crippen molar-refractivity contribution in [1.82, 2.24) is 4.98 Å². The zero-order valence-electron chi connectivity index (χ0n) is 13.5. The summed E-state index contributed by atoms with van der Waals surface area (Å²) in [6.07, 6.45) is 0.863. The van der Waals surface area contributed by atoms with Gasteiger partial charge in [-0.15, -0.1) is 0 Å². The van der Waals surface area contributed by atoms with Crippen LogP contribution in [0.5, 0.6) is 0 Å². The van der Waals surface area contributed by atoms with Gasteiger partial charge >= 0.3 is 6.09 Å². The Morgan fingerprint density at radius 2 is 1.60 bits per heavy atom. The second-order valence-electron chi connectivity index (χ2n) is 5.84. The molecule has 25 heavy (non-hydrogen) atoms. The van der Waals surface area contributed by atoms with E-state index in [1.165, 1.54) is 4.90 Å². The van der Waals surface area contributed by atoms with Crippen LogP contribution >= 0.6 is 0 Å². The molecular formula is C20H17N3O2. The molecule has 3 aromatic rings. The van der Waals surface area contributed by atoms with E-state index in [0.29, 0.717) is 13.1 Å². The van der Waals surface area contributed by atoms with E-state index < -0.39 is 6.09 Å². The molecule has 2 aromatic carbocycles. The van der Waals surface area contributed by atoms with Crippen molar-refractivity contribution in [3.8, 4) is 11.3 Å². The molecule has 1 aromatic heterocycles. The summed E-state index contributed by atoms with van der Waals surface area (Å²) in [6.45, 7) is 1.06. The number of hydrogen-bond donors (Lipinski definition) is 1. The first-order valence-electron chi connectivity index (χ1n) is 8.12. The Labute approximate surface area is 145 Å². The largest absolute Gasteiger partial charge is 0.465 e. The molecule has 0 atom stereocenters. The molecule has 0 unspecified atom stereocenters. The molecule has 1 aliphatic heterocycles. The molecule has 1 aliphatic rings. The van der Waals surface area contributed by atoms with Crippen LogP contribution < -0.4 is 9.80 Å². The van der Waals surface area contributed by atoms with Gasteiger partial charge in [0.05, 0.1) is 17.1 Å². The van der Waals surface area contributed by atoms with Gasteiger partial charge in [0.1, 0.15) is 0 Å². The Kier molecular flexibility index (Phi) is 3.82. The van der Waals surface area contributed by atoms with Crippen LogP contribution in [-0.4, -0.2) is 29.3 Å². The molecule has 124 valence electrons. The maximum Gasteiger partial charge on any atom is 0.411 e. The maximum atomic E-state index is 11.5. The smallest absolute Gasteiger partial charge is 0.411 e. The van der Waals surface area contributed by atoms with Crippen molar-refractivity contribution < 1.29 is 9.90 Å². The lowest BCUT2D eigenvalue weighted by molar-refractivity contribution is 0.201. The number of aromatic nitrogens is 1. The normalized spacial score (nSPS) is 13.4. The molecule has 4 rings (SSSR count). The van der Waals surface area contributed by atoms with Gasteiger partial charge in [-0.25, -0.2) is 4.79 Å².